The van der Waals surface area contributed by atoms with Crippen LogP contribution in [0.15, 0.2) is 48.5 Å². The minimum absolute atomic E-state index is 0.269. The highest BCUT2D eigenvalue weighted by Gasteiger charge is 2.10. The zero-order valence-electron chi connectivity index (χ0n) is 11.5. The second-order valence-corrected chi connectivity index (χ2v) is 4.36. The first-order valence-electron chi connectivity index (χ1n) is 6.64. The summed E-state index contributed by atoms with van der Waals surface area (Å²) in [4.78, 5) is 4.51. The van der Waals surface area contributed by atoms with E-state index in [1.807, 2.05) is 38.2 Å². The maximum Gasteiger partial charge on any atom is 0.213 e. The number of rotatable bonds is 6. The van der Waals surface area contributed by atoms with Crippen molar-refractivity contribution in [2.24, 2.45) is 0 Å². The average Bonchev–Trinajstić information content (AvgIpc) is 2.46. The van der Waals surface area contributed by atoms with Crippen molar-refractivity contribution in [3.8, 4) is 5.88 Å². The van der Waals surface area contributed by atoms with Crippen molar-refractivity contribution < 1.29 is 4.74 Å². The van der Waals surface area contributed by atoms with Gasteiger partial charge in [0, 0.05) is 24.2 Å². The van der Waals surface area contributed by atoms with Gasteiger partial charge >= 0.3 is 0 Å². The number of nitrogens with one attached hydrogen (secondary N) is 1. The number of pyridine rings is 1. The molecule has 1 heterocycles. The lowest BCUT2D eigenvalue weighted by molar-refractivity contribution is 0.325. The Hall–Kier alpha value is -1.87. The fraction of sp³-hybridized carbons (Fsp3) is 0.312. The Bertz CT molecular complexity index is 499. The quantitative estimate of drug-likeness (QED) is 0.862. The van der Waals surface area contributed by atoms with E-state index in [9.17, 15) is 0 Å². The molecule has 0 radical (unpaired) electrons. The Balaban J connectivity index is 2.12. The van der Waals surface area contributed by atoms with Gasteiger partial charge in [0.2, 0.25) is 5.88 Å². The lowest BCUT2D eigenvalue weighted by Crippen LogP contribution is -2.19. The molecule has 3 heteroatoms. The zero-order valence-corrected chi connectivity index (χ0v) is 11.5. The first-order valence-corrected chi connectivity index (χ1v) is 6.64. The molecular formula is C16H20N2O. The third-order valence-electron chi connectivity index (χ3n) is 3.04. The lowest BCUT2D eigenvalue weighted by Gasteiger charge is -2.16. The molecule has 0 amide bonds. The standard InChI is InChI=1S/C16H20N2O/c1-3-19-16-11-7-10-14(18-16)12-15(17-2)13-8-5-4-6-9-13/h4-11,15,17H,3,12H2,1-2H3. The van der Waals surface area contributed by atoms with Gasteiger partial charge in [-0.15, -0.1) is 0 Å². The minimum atomic E-state index is 0.269. The van der Waals surface area contributed by atoms with Gasteiger partial charge in [-0.1, -0.05) is 36.4 Å². The summed E-state index contributed by atoms with van der Waals surface area (Å²) in [7, 11) is 1.98. The predicted molar refractivity (Wildman–Crippen MR) is 77.4 cm³/mol. The molecule has 19 heavy (non-hydrogen) atoms. The van der Waals surface area contributed by atoms with Crippen LogP contribution in [0, 0.1) is 0 Å². The second kappa shape index (κ2) is 6.90. The normalized spacial score (nSPS) is 12.1. The molecule has 0 aliphatic rings. The summed E-state index contributed by atoms with van der Waals surface area (Å²) in [5.41, 5.74) is 2.31. The van der Waals surface area contributed by atoms with Crippen LogP contribution >= 0.6 is 0 Å². The Kier molecular flexibility index (Phi) is 4.93. The van der Waals surface area contributed by atoms with Crippen LogP contribution in [0.5, 0.6) is 5.88 Å². The van der Waals surface area contributed by atoms with E-state index in [4.69, 9.17) is 4.74 Å². The molecule has 0 fully saturated rings. The molecule has 0 saturated carbocycles. The van der Waals surface area contributed by atoms with E-state index in [2.05, 4.69) is 34.6 Å². The first kappa shape index (κ1) is 13.6. The SMILES string of the molecule is CCOc1cccc(CC(NC)c2ccccc2)n1. The minimum Gasteiger partial charge on any atom is -0.478 e. The van der Waals surface area contributed by atoms with E-state index < -0.39 is 0 Å². The molecule has 0 aliphatic heterocycles. The molecule has 1 aromatic heterocycles. The molecule has 0 bridgehead atoms. The lowest BCUT2D eigenvalue weighted by atomic mass is 10.0. The monoisotopic (exact) mass is 256 g/mol. The third-order valence-corrected chi connectivity index (χ3v) is 3.04. The largest absolute Gasteiger partial charge is 0.478 e. The number of hydrogen-bond acceptors (Lipinski definition) is 3. The van der Waals surface area contributed by atoms with Gasteiger partial charge in [0.05, 0.1) is 6.61 Å². The van der Waals surface area contributed by atoms with Crippen molar-refractivity contribution in [1.29, 1.82) is 0 Å². The van der Waals surface area contributed by atoms with E-state index in [0.717, 1.165) is 12.1 Å². The smallest absolute Gasteiger partial charge is 0.213 e. The van der Waals surface area contributed by atoms with Crippen molar-refractivity contribution in [2.45, 2.75) is 19.4 Å². The Morgan fingerprint density at radius 3 is 2.58 bits per heavy atom. The molecular weight excluding hydrogens is 236 g/mol. The third kappa shape index (κ3) is 3.80. The zero-order chi connectivity index (χ0) is 13.5. The van der Waals surface area contributed by atoms with Crippen LogP contribution in [0.25, 0.3) is 0 Å². The number of aromatic nitrogens is 1. The van der Waals surface area contributed by atoms with Crippen LogP contribution in [0.4, 0.5) is 0 Å². The topological polar surface area (TPSA) is 34.1 Å². The van der Waals surface area contributed by atoms with Gasteiger partial charge in [0.25, 0.3) is 0 Å². The molecule has 1 N–H and O–H groups in total. The summed E-state index contributed by atoms with van der Waals surface area (Å²) in [5.74, 6) is 0.697. The molecule has 1 unspecified atom stereocenters. The van der Waals surface area contributed by atoms with Crippen LogP contribution in [0.2, 0.25) is 0 Å². The summed E-state index contributed by atoms with van der Waals surface area (Å²) in [6.07, 6.45) is 0.849. The molecule has 1 aromatic carbocycles. The van der Waals surface area contributed by atoms with Crippen molar-refractivity contribution in [1.82, 2.24) is 10.3 Å². The van der Waals surface area contributed by atoms with Gasteiger partial charge in [-0.05, 0) is 25.6 Å². The van der Waals surface area contributed by atoms with Crippen LogP contribution in [-0.2, 0) is 6.42 Å². The molecule has 0 aliphatic carbocycles. The van der Waals surface area contributed by atoms with Crippen molar-refractivity contribution >= 4 is 0 Å². The van der Waals surface area contributed by atoms with Crippen molar-refractivity contribution in [2.75, 3.05) is 13.7 Å². The van der Waals surface area contributed by atoms with Gasteiger partial charge in [-0.3, -0.25) is 0 Å². The fourth-order valence-corrected chi connectivity index (χ4v) is 2.08. The summed E-state index contributed by atoms with van der Waals surface area (Å²) in [6.45, 7) is 2.61. The Labute approximate surface area is 114 Å². The maximum absolute atomic E-state index is 5.44. The number of likely N-dealkylation sites (N-methyl/N-ethyl adjacent to an activating group) is 1. The van der Waals surface area contributed by atoms with Crippen LogP contribution in [0.1, 0.15) is 24.2 Å². The molecule has 2 aromatic rings. The van der Waals surface area contributed by atoms with E-state index >= 15 is 0 Å². The summed E-state index contributed by atoms with van der Waals surface area (Å²) in [6, 6.07) is 16.6. The Morgan fingerprint density at radius 1 is 1.11 bits per heavy atom. The number of benzene rings is 1. The summed E-state index contributed by atoms with van der Waals surface area (Å²) in [5, 5.41) is 3.34. The van der Waals surface area contributed by atoms with Gasteiger partial charge in [-0.2, -0.15) is 0 Å². The fourth-order valence-electron chi connectivity index (χ4n) is 2.08. The highest BCUT2D eigenvalue weighted by Crippen LogP contribution is 2.18. The highest BCUT2D eigenvalue weighted by molar-refractivity contribution is 5.22. The first-order chi connectivity index (χ1) is 9.33. The summed E-state index contributed by atoms with van der Waals surface area (Å²) < 4.78 is 5.44. The molecule has 2 rings (SSSR count). The van der Waals surface area contributed by atoms with Gasteiger partial charge in [0.15, 0.2) is 0 Å². The van der Waals surface area contributed by atoms with Crippen LogP contribution < -0.4 is 10.1 Å². The highest BCUT2D eigenvalue weighted by atomic mass is 16.5. The van der Waals surface area contributed by atoms with Gasteiger partial charge in [0.1, 0.15) is 0 Å². The predicted octanol–water partition coefficient (Wildman–Crippen LogP) is 2.98. The molecule has 0 spiro atoms. The second-order valence-electron chi connectivity index (χ2n) is 4.36. The molecule has 100 valence electrons. The van der Waals surface area contributed by atoms with E-state index in [1.165, 1.54) is 5.56 Å². The average molecular weight is 256 g/mol. The van der Waals surface area contributed by atoms with E-state index in [-0.39, 0.29) is 6.04 Å². The summed E-state index contributed by atoms with van der Waals surface area (Å²) >= 11 is 0. The van der Waals surface area contributed by atoms with Crippen LogP contribution in [-0.4, -0.2) is 18.6 Å². The maximum atomic E-state index is 5.44. The molecule has 0 saturated heterocycles. The van der Waals surface area contributed by atoms with Crippen LogP contribution in [0.3, 0.4) is 0 Å². The van der Waals surface area contributed by atoms with E-state index in [1.54, 1.807) is 0 Å². The van der Waals surface area contributed by atoms with Gasteiger partial charge < -0.3 is 10.1 Å². The molecule has 3 nitrogen and oxygen atoms in total. The Morgan fingerprint density at radius 2 is 1.89 bits per heavy atom. The number of nitrogens with zero attached hydrogens (tertiary/aromatic N) is 1. The van der Waals surface area contributed by atoms with Crippen molar-refractivity contribution in [3.63, 3.8) is 0 Å². The molecule has 1 atom stereocenters. The van der Waals surface area contributed by atoms with E-state index in [0.29, 0.717) is 12.5 Å². The van der Waals surface area contributed by atoms with Crippen molar-refractivity contribution in [3.05, 3.63) is 59.8 Å². The number of hydrogen-bond donors (Lipinski definition) is 1. The number of ether oxygens (including phenoxy) is 1. The van der Waals surface area contributed by atoms with Gasteiger partial charge in [-0.25, -0.2) is 4.98 Å².